The lowest BCUT2D eigenvalue weighted by Gasteiger charge is -2.27. The molecule has 0 aromatic heterocycles. The molecule has 1 amide bonds. The van der Waals surface area contributed by atoms with E-state index in [-0.39, 0.29) is 12.0 Å². The van der Waals surface area contributed by atoms with Crippen LogP contribution in [0, 0.1) is 0 Å². The van der Waals surface area contributed by atoms with E-state index in [0.717, 1.165) is 11.3 Å². The lowest BCUT2D eigenvalue weighted by atomic mass is 10.1. The summed E-state index contributed by atoms with van der Waals surface area (Å²) in [4.78, 5) is 12.2. The number of hydrogen-bond acceptors (Lipinski definition) is 5. The Balaban J connectivity index is 1.40. The smallest absolute Gasteiger partial charge is 0.258 e. The van der Waals surface area contributed by atoms with Crippen molar-refractivity contribution in [2.75, 3.05) is 26.4 Å². The van der Waals surface area contributed by atoms with Gasteiger partial charge >= 0.3 is 0 Å². The van der Waals surface area contributed by atoms with Crippen molar-refractivity contribution < 1.29 is 23.7 Å². The molecule has 4 rings (SSSR count). The van der Waals surface area contributed by atoms with E-state index in [1.807, 2.05) is 36.4 Å². The molecule has 2 aromatic carbocycles. The summed E-state index contributed by atoms with van der Waals surface area (Å²) in [7, 11) is 0. The van der Waals surface area contributed by atoms with Gasteiger partial charge in [-0.15, -0.1) is 0 Å². The summed E-state index contributed by atoms with van der Waals surface area (Å²) in [6.45, 7) is 2.25. The van der Waals surface area contributed by atoms with Crippen molar-refractivity contribution in [3.63, 3.8) is 0 Å². The summed E-state index contributed by atoms with van der Waals surface area (Å²) in [6, 6.07) is 14.7. The van der Waals surface area contributed by atoms with Gasteiger partial charge in [0.05, 0.1) is 25.4 Å². The van der Waals surface area contributed by atoms with Crippen LogP contribution in [0.15, 0.2) is 48.5 Å². The summed E-state index contributed by atoms with van der Waals surface area (Å²) in [6.07, 6.45) is -0.544. The van der Waals surface area contributed by atoms with Gasteiger partial charge in [0.2, 0.25) is 0 Å². The topological polar surface area (TPSA) is 66.0 Å². The Morgan fingerprint density at radius 1 is 1.08 bits per heavy atom. The molecular formula is C19H19NO5. The average molecular weight is 341 g/mol. The molecule has 1 saturated heterocycles. The zero-order chi connectivity index (χ0) is 17.1. The van der Waals surface area contributed by atoms with Crippen molar-refractivity contribution in [2.45, 2.75) is 12.3 Å². The first kappa shape index (κ1) is 15.9. The van der Waals surface area contributed by atoms with Crippen LogP contribution in [0.1, 0.15) is 22.1 Å². The van der Waals surface area contributed by atoms with Crippen LogP contribution in [0.2, 0.25) is 0 Å². The zero-order valence-corrected chi connectivity index (χ0v) is 13.6. The van der Waals surface area contributed by atoms with Gasteiger partial charge in [-0.05, 0) is 36.4 Å². The predicted molar refractivity (Wildman–Crippen MR) is 89.8 cm³/mol. The minimum absolute atomic E-state index is 0.0362. The Morgan fingerprint density at radius 3 is 2.72 bits per heavy atom. The van der Waals surface area contributed by atoms with Crippen LogP contribution in [0.4, 0.5) is 0 Å². The molecule has 2 aliphatic heterocycles. The molecule has 0 spiro atoms. The molecule has 6 nitrogen and oxygen atoms in total. The lowest BCUT2D eigenvalue weighted by Crippen LogP contribution is -2.36. The highest BCUT2D eigenvalue weighted by Gasteiger charge is 2.26. The van der Waals surface area contributed by atoms with Crippen LogP contribution in [-0.4, -0.2) is 38.4 Å². The van der Waals surface area contributed by atoms with E-state index in [1.54, 1.807) is 12.1 Å². The number of fused-ring (bicyclic) bond motifs is 1. The van der Waals surface area contributed by atoms with Crippen LogP contribution < -0.4 is 14.8 Å². The average Bonchev–Trinajstić information content (AvgIpc) is 2.68. The van der Waals surface area contributed by atoms with E-state index in [9.17, 15) is 4.79 Å². The standard InChI is InChI=1S/C19H19NO5/c21-18-16-3-1-2-4-17(16)25-19(20-18)13-5-7-14(8-6-13)24-12-15-11-22-9-10-23-15/h1-8,15,19H,9-12H2,(H,20,21)/t15-,19+/m0/s1. The van der Waals surface area contributed by atoms with E-state index in [4.69, 9.17) is 18.9 Å². The number of hydrogen-bond donors (Lipinski definition) is 1. The van der Waals surface area contributed by atoms with Crippen LogP contribution in [0.25, 0.3) is 0 Å². The first-order valence-corrected chi connectivity index (χ1v) is 8.28. The maximum atomic E-state index is 12.2. The normalized spacial score (nSPS) is 22.5. The van der Waals surface area contributed by atoms with Crippen molar-refractivity contribution in [1.82, 2.24) is 5.32 Å². The summed E-state index contributed by atoms with van der Waals surface area (Å²) in [5, 5.41) is 2.85. The number of amides is 1. The van der Waals surface area contributed by atoms with Gasteiger partial charge in [-0.3, -0.25) is 4.79 Å². The quantitative estimate of drug-likeness (QED) is 0.924. The third-order valence-electron chi connectivity index (χ3n) is 4.14. The fraction of sp³-hybridized carbons (Fsp3) is 0.316. The Morgan fingerprint density at radius 2 is 1.92 bits per heavy atom. The summed E-state index contributed by atoms with van der Waals surface area (Å²) in [5.41, 5.74) is 1.40. The number of ether oxygens (including phenoxy) is 4. The molecule has 0 bridgehead atoms. The van der Waals surface area contributed by atoms with Crippen LogP contribution in [0.5, 0.6) is 11.5 Å². The van der Waals surface area contributed by atoms with Crippen molar-refractivity contribution in [1.29, 1.82) is 0 Å². The molecule has 25 heavy (non-hydrogen) atoms. The minimum Gasteiger partial charge on any atom is -0.491 e. The maximum Gasteiger partial charge on any atom is 0.258 e. The maximum absolute atomic E-state index is 12.2. The van der Waals surface area contributed by atoms with Crippen molar-refractivity contribution in [2.24, 2.45) is 0 Å². The van der Waals surface area contributed by atoms with Crippen LogP contribution in [-0.2, 0) is 9.47 Å². The summed E-state index contributed by atoms with van der Waals surface area (Å²) >= 11 is 0. The molecule has 2 atom stereocenters. The van der Waals surface area contributed by atoms with Crippen molar-refractivity contribution in [3.05, 3.63) is 59.7 Å². The molecule has 1 N–H and O–H groups in total. The number of para-hydroxylation sites is 1. The molecule has 6 heteroatoms. The second-order valence-electron chi connectivity index (χ2n) is 5.92. The van der Waals surface area contributed by atoms with Crippen molar-refractivity contribution >= 4 is 5.91 Å². The molecular weight excluding hydrogens is 322 g/mol. The third-order valence-corrected chi connectivity index (χ3v) is 4.14. The molecule has 0 saturated carbocycles. The van der Waals surface area contributed by atoms with E-state index in [1.165, 1.54) is 0 Å². The monoisotopic (exact) mass is 341 g/mol. The van der Waals surface area contributed by atoms with Gasteiger partial charge in [-0.2, -0.15) is 0 Å². The fourth-order valence-corrected chi connectivity index (χ4v) is 2.82. The van der Waals surface area contributed by atoms with Crippen molar-refractivity contribution in [3.8, 4) is 11.5 Å². The van der Waals surface area contributed by atoms with Gasteiger partial charge < -0.3 is 24.3 Å². The molecule has 0 aliphatic carbocycles. The highest BCUT2D eigenvalue weighted by atomic mass is 16.6. The van der Waals surface area contributed by atoms with Gasteiger partial charge in [0.1, 0.15) is 24.2 Å². The Hall–Kier alpha value is -2.57. The van der Waals surface area contributed by atoms with E-state index in [2.05, 4.69) is 5.32 Å². The van der Waals surface area contributed by atoms with E-state index in [0.29, 0.717) is 37.7 Å². The minimum atomic E-state index is -0.508. The van der Waals surface area contributed by atoms with Gasteiger partial charge in [-0.1, -0.05) is 12.1 Å². The zero-order valence-electron chi connectivity index (χ0n) is 13.6. The number of rotatable bonds is 4. The Bertz CT molecular complexity index is 740. The van der Waals surface area contributed by atoms with Gasteiger partial charge in [0.15, 0.2) is 6.23 Å². The number of nitrogens with one attached hydrogen (secondary N) is 1. The first-order valence-electron chi connectivity index (χ1n) is 8.28. The van der Waals surface area contributed by atoms with Crippen LogP contribution in [0.3, 0.4) is 0 Å². The SMILES string of the molecule is O=C1N[C@@H](c2ccc(OC[C@@H]3COCCO3)cc2)Oc2ccccc21. The molecule has 2 heterocycles. The lowest BCUT2D eigenvalue weighted by molar-refractivity contribution is -0.101. The van der Waals surface area contributed by atoms with Gasteiger partial charge in [0.25, 0.3) is 5.91 Å². The molecule has 0 unspecified atom stereocenters. The number of carbonyl (C=O) groups excluding carboxylic acids is 1. The molecule has 130 valence electrons. The number of benzene rings is 2. The van der Waals surface area contributed by atoms with E-state index < -0.39 is 6.23 Å². The number of carbonyl (C=O) groups is 1. The second kappa shape index (κ2) is 7.13. The fourth-order valence-electron chi connectivity index (χ4n) is 2.82. The molecule has 0 radical (unpaired) electrons. The molecule has 2 aliphatic rings. The van der Waals surface area contributed by atoms with Gasteiger partial charge in [-0.25, -0.2) is 0 Å². The second-order valence-corrected chi connectivity index (χ2v) is 5.92. The third kappa shape index (κ3) is 3.60. The Labute approximate surface area is 145 Å². The van der Waals surface area contributed by atoms with Crippen LogP contribution >= 0.6 is 0 Å². The molecule has 2 aromatic rings. The highest BCUT2D eigenvalue weighted by Crippen LogP contribution is 2.29. The van der Waals surface area contributed by atoms with Gasteiger partial charge in [0, 0.05) is 5.56 Å². The molecule has 1 fully saturated rings. The summed E-state index contributed by atoms with van der Waals surface area (Å²) < 4.78 is 22.5. The summed E-state index contributed by atoms with van der Waals surface area (Å²) in [5.74, 6) is 1.19. The highest BCUT2D eigenvalue weighted by molar-refractivity contribution is 5.97. The largest absolute Gasteiger partial charge is 0.491 e. The van der Waals surface area contributed by atoms with E-state index >= 15 is 0 Å². The first-order chi connectivity index (χ1) is 12.3. The Kier molecular flexibility index (Phi) is 4.54. The predicted octanol–water partition coefficient (Wildman–Crippen LogP) is 2.30.